The quantitative estimate of drug-likeness (QED) is 0.298. The van der Waals surface area contributed by atoms with Crippen LogP contribution in [0.25, 0.3) is 0 Å². The van der Waals surface area contributed by atoms with Gasteiger partial charge in [0.1, 0.15) is 24.0 Å². The standard InChI is InChI=1S/C22H29FN3O8PS/c1-13(2)32-20(29)14(3)25-35(36,34-15-8-6-5-7-9-15)31-12-16-18(28)19(23)22(4,33-16)26-11-10-17(27)24-21(26)30/h5-11,13-14,16,18-19,28H,12H2,1-4H3,(H,25,36)(H,24,27,30)/t14?,16-,18?,19?,22-,35?/m1/s1. The molecule has 11 nitrogen and oxygen atoms in total. The van der Waals surface area contributed by atoms with Gasteiger partial charge in [0, 0.05) is 12.3 Å². The number of aromatic nitrogens is 2. The molecule has 0 radical (unpaired) electrons. The maximum Gasteiger partial charge on any atom is 0.330 e. The SMILES string of the molecule is CC(C)OC(=O)C(C)NP(=S)(OC[C@H]1O[C@@](C)(n2ccc(=O)[nH]c2=O)C(F)C1O)Oc1ccccc1. The van der Waals surface area contributed by atoms with Gasteiger partial charge in [0.25, 0.3) is 5.56 Å². The molecule has 36 heavy (non-hydrogen) atoms. The largest absolute Gasteiger partial charge is 0.462 e. The van der Waals surface area contributed by atoms with Gasteiger partial charge in [-0.2, -0.15) is 0 Å². The molecule has 1 aliphatic rings. The number of benzene rings is 1. The molecule has 6 atom stereocenters. The Hall–Kier alpha value is -2.41. The normalized spacial score (nSPS) is 26.4. The van der Waals surface area contributed by atoms with Gasteiger partial charge in [-0.05, 0) is 51.6 Å². The fourth-order valence-electron chi connectivity index (χ4n) is 3.54. The first kappa shape index (κ1) is 28.2. The molecule has 1 aromatic heterocycles. The zero-order chi connectivity index (χ0) is 26.7. The second-order valence-corrected chi connectivity index (χ2v) is 11.8. The van der Waals surface area contributed by atoms with E-state index in [4.69, 9.17) is 30.3 Å². The summed E-state index contributed by atoms with van der Waals surface area (Å²) in [5.74, 6) is -0.218. The number of esters is 1. The van der Waals surface area contributed by atoms with Crippen LogP contribution in [0.15, 0.2) is 52.2 Å². The molecule has 1 fully saturated rings. The molecule has 1 saturated heterocycles. The number of aliphatic hydroxyl groups excluding tert-OH is 1. The Morgan fingerprint density at radius 1 is 1.31 bits per heavy atom. The summed E-state index contributed by atoms with van der Waals surface area (Å²) in [4.78, 5) is 38.0. The number of ether oxygens (including phenoxy) is 2. The van der Waals surface area contributed by atoms with Crippen molar-refractivity contribution >= 4 is 24.4 Å². The molecule has 14 heteroatoms. The summed E-state index contributed by atoms with van der Waals surface area (Å²) in [6.07, 6.45) is -4.28. The Morgan fingerprint density at radius 3 is 2.58 bits per heavy atom. The average molecular weight is 546 g/mol. The molecule has 0 spiro atoms. The molecule has 3 N–H and O–H groups in total. The molecular formula is C22H29FN3O8PS. The number of aromatic amines is 1. The molecule has 1 aliphatic heterocycles. The fourth-order valence-corrected chi connectivity index (χ4v) is 5.96. The number of nitrogens with zero attached hydrogens (tertiary/aromatic N) is 1. The van der Waals surface area contributed by atoms with E-state index in [0.29, 0.717) is 5.75 Å². The topological polar surface area (TPSA) is 141 Å². The number of rotatable bonds is 10. The van der Waals surface area contributed by atoms with Crippen molar-refractivity contribution in [3.05, 3.63) is 63.4 Å². The zero-order valence-corrected chi connectivity index (χ0v) is 21.8. The highest BCUT2D eigenvalue weighted by atomic mass is 32.5. The van der Waals surface area contributed by atoms with Crippen LogP contribution in [0.1, 0.15) is 27.7 Å². The number of carbonyl (C=O) groups is 1. The molecule has 0 saturated carbocycles. The van der Waals surface area contributed by atoms with E-state index < -0.39 is 60.6 Å². The van der Waals surface area contributed by atoms with Gasteiger partial charge in [-0.15, -0.1) is 0 Å². The minimum Gasteiger partial charge on any atom is -0.462 e. The molecule has 198 valence electrons. The van der Waals surface area contributed by atoms with Crippen LogP contribution >= 0.6 is 6.64 Å². The first-order chi connectivity index (χ1) is 16.8. The van der Waals surface area contributed by atoms with Crippen LogP contribution in [0, 0.1) is 0 Å². The van der Waals surface area contributed by atoms with Gasteiger partial charge in [-0.3, -0.25) is 19.1 Å². The Kier molecular flexibility index (Phi) is 8.86. The minimum absolute atomic E-state index is 0.354. The Balaban J connectivity index is 1.80. The summed E-state index contributed by atoms with van der Waals surface area (Å²) >= 11 is 5.60. The highest BCUT2D eigenvalue weighted by molar-refractivity contribution is 8.09. The summed E-state index contributed by atoms with van der Waals surface area (Å²) in [6.45, 7) is 2.30. The lowest BCUT2D eigenvalue weighted by Gasteiger charge is -2.29. The maximum atomic E-state index is 15.2. The van der Waals surface area contributed by atoms with Crippen molar-refractivity contribution in [2.75, 3.05) is 6.61 Å². The van der Waals surface area contributed by atoms with E-state index in [1.165, 1.54) is 13.8 Å². The lowest BCUT2D eigenvalue weighted by atomic mass is 10.1. The van der Waals surface area contributed by atoms with Crippen molar-refractivity contribution in [3.8, 4) is 5.75 Å². The smallest absolute Gasteiger partial charge is 0.330 e. The van der Waals surface area contributed by atoms with Crippen LogP contribution in [0.4, 0.5) is 4.39 Å². The van der Waals surface area contributed by atoms with Gasteiger partial charge >= 0.3 is 18.3 Å². The summed E-state index contributed by atoms with van der Waals surface area (Å²) in [7, 11) is 0. The van der Waals surface area contributed by atoms with E-state index in [2.05, 4.69) is 5.09 Å². The number of carbonyl (C=O) groups excluding carboxylic acids is 1. The van der Waals surface area contributed by atoms with Crippen molar-refractivity contribution < 1.29 is 32.8 Å². The molecule has 0 bridgehead atoms. The van der Waals surface area contributed by atoms with Gasteiger partial charge < -0.3 is 23.6 Å². The molecule has 1 aromatic carbocycles. The maximum absolute atomic E-state index is 15.2. The van der Waals surface area contributed by atoms with Crippen molar-refractivity contribution in [3.63, 3.8) is 0 Å². The second kappa shape index (κ2) is 11.3. The van der Waals surface area contributed by atoms with Crippen LogP contribution < -0.4 is 20.9 Å². The highest BCUT2D eigenvalue weighted by Gasteiger charge is 2.54. The Labute approximate surface area is 211 Å². The summed E-state index contributed by atoms with van der Waals surface area (Å²) in [5.41, 5.74) is -3.50. The fraction of sp³-hybridized carbons (Fsp3) is 0.500. The predicted molar refractivity (Wildman–Crippen MR) is 132 cm³/mol. The molecule has 0 aliphatic carbocycles. The van der Waals surface area contributed by atoms with E-state index in [9.17, 15) is 19.5 Å². The summed E-state index contributed by atoms with van der Waals surface area (Å²) in [6, 6.07) is 8.62. The summed E-state index contributed by atoms with van der Waals surface area (Å²) in [5, 5.41) is 13.4. The number of alkyl halides is 1. The van der Waals surface area contributed by atoms with Crippen LogP contribution in [0.5, 0.6) is 5.75 Å². The van der Waals surface area contributed by atoms with Crippen molar-refractivity contribution in [2.45, 2.75) is 63.9 Å². The van der Waals surface area contributed by atoms with Gasteiger partial charge in [0.05, 0.1) is 12.7 Å². The van der Waals surface area contributed by atoms with E-state index in [1.807, 2.05) is 4.98 Å². The summed E-state index contributed by atoms with van der Waals surface area (Å²) < 4.78 is 38.7. The Bertz CT molecular complexity index is 1230. The molecule has 3 rings (SSSR count). The van der Waals surface area contributed by atoms with Crippen LogP contribution in [-0.2, 0) is 36.3 Å². The third kappa shape index (κ3) is 6.47. The molecule has 2 heterocycles. The third-order valence-corrected chi connectivity index (χ3v) is 7.82. The third-order valence-electron chi connectivity index (χ3n) is 5.32. The van der Waals surface area contributed by atoms with Gasteiger partial charge in [-0.25, -0.2) is 14.3 Å². The Morgan fingerprint density at radius 2 is 1.97 bits per heavy atom. The van der Waals surface area contributed by atoms with Crippen molar-refractivity contribution in [1.82, 2.24) is 14.6 Å². The number of hydrogen-bond donors (Lipinski definition) is 3. The lowest BCUT2D eigenvalue weighted by molar-refractivity contribution is -0.149. The van der Waals surface area contributed by atoms with Gasteiger partial charge in [0.2, 0.25) is 0 Å². The van der Waals surface area contributed by atoms with Gasteiger partial charge in [-0.1, -0.05) is 18.2 Å². The van der Waals surface area contributed by atoms with Gasteiger partial charge in [0.15, 0.2) is 11.9 Å². The number of hydrogen-bond acceptors (Lipinski definition) is 9. The molecule has 2 aromatic rings. The van der Waals surface area contributed by atoms with E-state index >= 15 is 4.39 Å². The molecule has 4 unspecified atom stereocenters. The van der Waals surface area contributed by atoms with Crippen LogP contribution in [0.2, 0.25) is 0 Å². The van der Waals surface area contributed by atoms with E-state index in [0.717, 1.165) is 16.8 Å². The van der Waals surface area contributed by atoms with Crippen molar-refractivity contribution in [1.29, 1.82) is 0 Å². The zero-order valence-electron chi connectivity index (χ0n) is 20.1. The highest BCUT2D eigenvalue weighted by Crippen LogP contribution is 2.47. The van der Waals surface area contributed by atoms with E-state index in [-0.39, 0.29) is 6.10 Å². The number of para-hydroxylation sites is 1. The molecular weight excluding hydrogens is 516 g/mol. The first-order valence-corrected chi connectivity index (χ1v) is 13.8. The number of nitrogens with one attached hydrogen (secondary N) is 2. The van der Waals surface area contributed by atoms with Crippen LogP contribution in [0.3, 0.4) is 0 Å². The first-order valence-electron chi connectivity index (χ1n) is 11.1. The van der Waals surface area contributed by atoms with Crippen molar-refractivity contribution in [2.24, 2.45) is 0 Å². The monoisotopic (exact) mass is 545 g/mol. The number of aliphatic hydroxyl groups is 1. The van der Waals surface area contributed by atoms with Crippen LogP contribution in [-0.4, -0.2) is 57.8 Å². The predicted octanol–water partition coefficient (Wildman–Crippen LogP) is 1.56. The number of halogens is 1. The minimum atomic E-state index is -3.47. The lowest BCUT2D eigenvalue weighted by Crippen LogP contribution is -2.47. The molecule has 0 amide bonds. The second-order valence-electron chi connectivity index (χ2n) is 8.62. The number of H-pyrrole nitrogens is 1. The van der Waals surface area contributed by atoms with E-state index in [1.54, 1.807) is 44.2 Å². The average Bonchev–Trinajstić information content (AvgIpc) is 3.02.